The van der Waals surface area contributed by atoms with Crippen LogP contribution in [0.1, 0.15) is 103 Å². The molecule has 0 radical (unpaired) electrons. The maximum Gasteiger partial charge on any atom is 0.117 e. The van der Waals surface area contributed by atoms with E-state index in [-0.39, 0.29) is 40.3 Å². The van der Waals surface area contributed by atoms with E-state index in [0.29, 0.717) is 13.2 Å². The third-order valence-corrected chi connectivity index (χ3v) is 7.47. The molecule has 0 heterocycles. The average molecular weight is 460 g/mol. The molecule has 0 bridgehead atoms. The molecule has 0 amide bonds. The first-order valence-electron chi connectivity index (χ1n) is 12.3. The Hall–Kier alpha value is -0.240. The second-order valence-corrected chi connectivity index (χ2v) is 12.7. The van der Waals surface area contributed by atoms with E-state index in [2.05, 4.69) is 74.1 Å². The Kier molecular flexibility index (Phi) is 11.4. The third-order valence-electron chi connectivity index (χ3n) is 7.47. The molecular weight excluding hydrogens is 402 g/mol. The molecule has 0 fully saturated rings. The summed E-state index contributed by atoms with van der Waals surface area (Å²) in [6.07, 6.45) is 1.58. The summed E-state index contributed by atoms with van der Waals surface area (Å²) in [5, 5.41) is 0. The second kappa shape index (κ2) is 11.5. The van der Waals surface area contributed by atoms with Gasteiger partial charge in [-0.2, -0.15) is 0 Å². The summed E-state index contributed by atoms with van der Waals surface area (Å²) < 4.78 is 19.0. The Labute approximate surface area is 200 Å². The molecule has 0 spiro atoms. The van der Waals surface area contributed by atoms with Crippen LogP contribution in [0.25, 0.3) is 0 Å². The van der Waals surface area contributed by atoms with Gasteiger partial charge in [0.1, 0.15) is 12.0 Å². The van der Waals surface area contributed by atoms with Gasteiger partial charge in [0.15, 0.2) is 0 Å². The molecule has 6 nitrogen and oxygen atoms in total. The number of hydrogen-bond acceptors (Lipinski definition) is 6. The number of rotatable bonds is 15. The summed E-state index contributed by atoms with van der Waals surface area (Å²) in [4.78, 5) is 2.13. The van der Waals surface area contributed by atoms with E-state index in [1.54, 1.807) is 0 Å². The van der Waals surface area contributed by atoms with Crippen molar-refractivity contribution in [2.75, 3.05) is 20.3 Å². The minimum Gasteiger partial charge on any atom is -0.375 e. The van der Waals surface area contributed by atoms with Crippen LogP contribution in [0.4, 0.5) is 0 Å². The van der Waals surface area contributed by atoms with E-state index >= 15 is 0 Å². The van der Waals surface area contributed by atoms with E-state index < -0.39 is 5.72 Å². The first-order valence-corrected chi connectivity index (χ1v) is 12.3. The van der Waals surface area contributed by atoms with Crippen molar-refractivity contribution >= 4 is 0 Å². The lowest BCUT2D eigenvalue weighted by molar-refractivity contribution is -0.219. The minimum atomic E-state index is -0.469. The molecule has 0 aromatic rings. The molecule has 194 valence electrons. The number of hydrogen-bond donors (Lipinski definition) is 2. The average Bonchev–Trinajstić information content (AvgIpc) is 2.55. The van der Waals surface area contributed by atoms with Crippen molar-refractivity contribution in [2.45, 2.75) is 138 Å². The van der Waals surface area contributed by atoms with Crippen LogP contribution in [0.3, 0.4) is 0 Å². The molecule has 4 N–H and O–H groups in total. The highest BCUT2D eigenvalue weighted by Gasteiger charge is 2.40. The van der Waals surface area contributed by atoms with Gasteiger partial charge in [0, 0.05) is 18.2 Å². The first kappa shape index (κ1) is 31.8. The Morgan fingerprint density at radius 1 is 0.844 bits per heavy atom. The summed E-state index contributed by atoms with van der Waals surface area (Å²) in [6, 6.07) is 0.0958. The Bertz CT molecular complexity index is 551. The van der Waals surface area contributed by atoms with Crippen LogP contribution >= 0.6 is 0 Å². The summed E-state index contributed by atoms with van der Waals surface area (Å²) in [7, 11) is 2.04. The Balaban J connectivity index is 4.89. The van der Waals surface area contributed by atoms with E-state index in [0.717, 1.165) is 12.8 Å². The molecule has 0 rings (SSSR count). The topological polar surface area (TPSA) is 83.0 Å². The van der Waals surface area contributed by atoms with Crippen molar-refractivity contribution < 1.29 is 14.2 Å². The van der Waals surface area contributed by atoms with Crippen molar-refractivity contribution in [1.82, 2.24) is 4.90 Å². The van der Waals surface area contributed by atoms with E-state index in [9.17, 15) is 0 Å². The highest BCUT2D eigenvalue weighted by molar-refractivity contribution is 4.89. The maximum absolute atomic E-state index is 6.36. The second-order valence-electron chi connectivity index (χ2n) is 12.7. The minimum absolute atomic E-state index is 0.0680. The molecule has 0 aromatic carbocycles. The van der Waals surface area contributed by atoms with E-state index in [1.165, 1.54) is 0 Å². The summed E-state index contributed by atoms with van der Waals surface area (Å²) in [6.45, 7) is 28.8. The van der Waals surface area contributed by atoms with Gasteiger partial charge in [0.25, 0.3) is 0 Å². The van der Waals surface area contributed by atoms with Gasteiger partial charge in [-0.3, -0.25) is 4.90 Å². The lowest BCUT2D eigenvalue weighted by Crippen LogP contribution is -2.52. The van der Waals surface area contributed by atoms with Crippen LogP contribution in [0, 0.1) is 11.3 Å². The fourth-order valence-corrected chi connectivity index (χ4v) is 3.50. The van der Waals surface area contributed by atoms with Crippen LogP contribution in [0.15, 0.2) is 0 Å². The van der Waals surface area contributed by atoms with E-state index in [4.69, 9.17) is 25.7 Å². The van der Waals surface area contributed by atoms with Gasteiger partial charge in [-0.25, -0.2) is 0 Å². The van der Waals surface area contributed by atoms with Crippen molar-refractivity contribution in [3.63, 3.8) is 0 Å². The molecule has 0 saturated carbocycles. The molecule has 6 heteroatoms. The van der Waals surface area contributed by atoms with Crippen LogP contribution in [-0.4, -0.2) is 59.9 Å². The highest BCUT2D eigenvalue weighted by Crippen LogP contribution is 2.38. The van der Waals surface area contributed by atoms with E-state index in [1.807, 2.05) is 27.8 Å². The molecule has 0 aliphatic heterocycles. The molecule has 3 atom stereocenters. The fourth-order valence-electron chi connectivity index (χ4n) is 3.50. The smallest absolute Gasteiger partial charge is 0.117 e. The van der Waals surface area contributed by atoms with Gasteiger partial charge in [0.05, 0.1) is 17.8 Å². The zero-order valence-electron chi connectivity index (χ0n) is 23.9. The van der Waals surface area contributed by atoms with Gasteiger partial charge in [-0.05, 0) is 100 Å². The van der Waals surface area contributed by atoms with Crippen LogP contribution in [0.5, 0.6) is 0 Å². The lowest BCUT2D eigenvalue weighted by Gasteiger charge is -2.45. The van der Waals surface area contributed by atoms with Crippen molar-refractivity contribution in [1.29, 1.82) is 0 Å². The highest BCUT2D eigenvalue weighted by atomic mass is 16.5. The van der Waals surface area contributed by atoms with Crippen molar-refractivity contribution in [3.05, 3.63) is 0 Å². The lowest BCUT2D eigenvalue weighted by atomic mass is 9.74. The van der Waals surface area contributed by atoms with Gasteiger partial charge in [-0.15, -0.1) is 0 Å². The van der Waals surface area contributed by atoms with Gasteiger partial charge in [-0.1, -0.05) is 20.8 Å². The number of ether oxygens (including phenoxy) is 3. The third kappa shape index (κ3) is 10.4. The predicted molar refractivity (Wildman–Crippen MR) is 137 cm³/mol. The molecule has 0 aliphatic carbocycles. The maximum atomic E-state index is 6.36. The zero-order chi connectivity index (χ0) is 25.8. The SMILES string of the molecule is CC(N)CC(C)(C)OC(C)N(C)C(C)(C)OCCC(C)(C)C(C)(C)OCC(C)C(C)(C)N. The summed E-state index contributed by atoms with van der Waals surface area (Å²) in [5.41, 5.74) is 10.8. The van der Waals surface area contributed by atoms with Crippen molar-refractivity contribution in [2.24, 2.45) is 22.8 Å². The molecule has 0 saturated heterocycles. The molecule has 0 aromatic heterocycles. The monoisotopic (exact) mass is 459 g/mol. The summed E-state index contributed by atoms with van der Waals surface area (Å²) >= 11 is 0. The van der Waals surface area contributed by atoms with Gasteiger partial charge < -0.3 is 25.7 Å². The fraction of sp³-hybridized carbons (Fsp3) is 1.00. The number of nitrogens with two attached hydrogens (primary N) is 2. The van der Waals surface area contributed by atoms with Crippen LogP contribution in [-0.2, 0) is 14.2 Å². The van der Waals surface area contributed by atoms with Crippen LogP contribution in [0.2, 0.25) is 0 Å². The molecular formula is C26H57N3O3. The zero-order valence-corrected chi connectivity index (χ0v) is 23.9. The predicted octanol–water partition coefficient (Wildman–Crippen LogP) is 5.13. The van der Waals surface area contributed by atoms with Gasteiger partial charge >= 0.3 is 0 Å². The largest absolute Gasteiger partial charge is 0.375 e. The standard InChI is InChI=1S/C26H57N3O3/c1-19(24(8,9)28)18-31-25(10,11)22(4,5)15-16-30-26(12,13)29(14)21(3)32-23(6,7)17-20(2)27/h19-21H,15-18,27-28H2,1-14H3. The van der Waals surface area contributed by atoms with Crippen LogP contribution < -0.4 is 11.5 Å². The quantitative estimate of drug-likeness (QED) is 0.330. The first-order chi connectivity index (χ1) is 14.0. The number of nitrogens with zero attached hydrogens (tertiary/aromatic N) is 1. The molecule has 32 heavy (non-hydrogen) atoms. The Morgan fingerprint density at radius 2 is 1.34 bits per heavy atom. The Morgan fingerprint density at radius 3 is 1.78 bits per heavy atom. The summed E-state index contributed by atoms with van der Waals surface area (Å²) in [5.74, 6) is 0.273. The van der Waals surface area contributed by atoms with Gasteiger partial charge in [0.2, 0.25) is 0 Å². The normalized spacial score (nSPS) is 17.5. The molecule has 3 unspecified atom stereocenters. The van der Waals surface area contributed by atoms with Crippen molar-refractivity contribution in [3.8, 4) is 0 Å². The molecule has 0 aliphatic rings.